The Morgan fingerprint density at radius 2 is 1.91 bits per heavy atom. The second-order valence-corrected chi connectivity index (χ2v) is 7.21. The van der Waals surface area contributed by atoms with E-state index < -0.39 is 11.9 Å². The third-order valence-electron chi connectivity index (χ3n) is 4.57. The van der Waals surface area contributed by atoms with Crippen LogP contribution in [-0.2, 0) is 27.4 Å². The van der Waals surface area contributed by atoms with Crippen molar-refractivity contribution >= 4 is 29.5 Å². The highest BCUT2D eigenvalue weighted by molar-refractivity contribution is 6.30. The van der Waals surface area contributed by atoms with E-state index in [0.29, 0.717) is 19.7 Å². The Hall–Kier alpha value is -3.76. The lowest BCUT2D eigenvalue weighted by Gasteiger charge is -2.13. The summed E-state index contributed by atoms with van der Waals surface area (Å²) in [5.74, 6) is -1.36. The molecule has 0 saturated heterocycles. The third-order valence-corrected chi connectivity index (χ3v) is 4.80. The average Bonchev–Trinajstić information content (AvgIpc) is 3.42. The highest BCUT2D eigenvalue weighted by Gasteiger charge is 2.17. The largest absolute Gasteiger partial charge is 0.473 e. The Kier molecular flexibility index (Phi) is 8.11. The Morgan fingerprint density at radius 1 is 1.15 bits per heavy atom. The number of benzene rings is 2. The molecule has 4 rings (SSSR count). The number of methoxy groups -OCH3 is 1. The molecule has 3 aromatic rings. The molecule has 0 fully saturated rings. The summed E-state index contributed by atoms with van der Waals surface area (Å²) in [6.45, 7) is 2.15. The minimum absolute atomic E-state index is 0.258. The van der Waals surface area contributed by atoms with Crippen molar-refractivity contribution < 1.29 is 34.0 Å². The highest BCUT2D eigenvalue weighted by atomic mass is 35.5. The number of aromatic nitrogens is 2. The molecule has 11 heteroatoms. The molecular formula is C22H22ClN3O7. The van der Waals surface area contributed by atoms with Gasteiger partial charge in [0.1, 0.15) is 0 Å². The van der Waals surface area contributed by atoms with Gasteiger partial charge in [-0.25, -0.2) is 14.6 Å². The zero-order valence-electron chi connectivity index (χ0n) is 17.7. The number of hydrogen-bond donors (Lipinski definition) is 3. The summed E-state index contributed by atoms with van der Waals surface area (Å²) in [6, 6.07) is 13.7. The molecule has 0 amide bonds. The van der Waals surface area contributed by atoms with Gasteiger partial charge in [-0.2, -0.15) is 0 Å². The van der Waals surface area contributed by atoms with Crippen LogP contribution in [-0.4, -0.2) is 52.2 Å². The first kappa shape index (κ1) is 23.9. The molecule has 0 unspecified atom stereocenters. The van der Waals surface area contributed by atoms with E-state index in [1.54, 1.807) is 7.11 Å². The van der Waals surface area contributed by atoms with Gasteiger partial charge in [0.15, 0.2) is 11.5 Å². The number of aliphatic carboxylic acids is 2. The fourth-order valence-electron chi connectivity index (χ4n) is 3.04. The number of anilines is 1. The molecule has 3 N–H and O–H groups in total. The van der Waals surface area contributed by atoms with E-state index in [4.69, 9.17) is 45.6 Å². The predicted octanol–water partition coefficient (Wildman–Crippen LogP) is 3.35. The summed E-state index contributed by atoms with van der Waals surface area (Å²) < 4.78 is 18.3. The molecule has 1 aromatic heterocycles. The topological polar surface area (TPSA) is 132 Å². The van der Waals surface area contributed by atoms with Crippen LogP contribution in [0.2, 0.25) is 5.02 Å². The minimum Gasteiger partial charge on any atom is -0.473 e. The number of ether oxygens (including phenoxy) is 3. The molecule has 1 aliphatic heterocycles. The summed E-state index contributed by atoms with van der Waals surface area (Å²) in [5.41, 5.74) is 3.09. The molecule has 0 atom stereocenters. The van der Waals surface area contributed by atoms with Crippen molar-refractivity contribution in [2.75, 3.05) is 25.8 Å². The number of hydrogen-bond acceptors (Lipinski definition) is 7. The number of carbonyl (C=O) groups is 2. The van der Waals surface area contributed by atoms with E-state index in [0.717, 1.165) is 39.3 Å². The van der Waals surface area contributed by atoms with Crippen LogP contribution < -0.4 is 14.8 Å². The van der Waals surface area contributed by atoms with Gasteiger partial charge in [0, 0.05) is 30.8 Å². The maximum absolute atomic E-state index is 9.10. The van der Waals surface area contributed by atoms with E-state index in [1.165, 1.54) is 0 Å². The smallest absolute Gasteiger partial charge is 0.414 e. The number of nitrogens with one attached hydrogen (secondary N) is 1. The highest BCUT2D eigenvalue weighted by Crippen LogP contribution is 2.36. The summed E-state index contributed by atoms with van der Waals surface area (Å²) in [5, 5.41) is 18.9. The second kappa shape index (κ2) is 11.2. The number of halogens is 1. The Morgan fingerprint density at radius 3 is 2.61 bits per heavy atom. The molecule has 1 aliphatic rings. The number of rotatable bonds is 7. The van der Waals surface area contributed by atoms with E-state index in [9.17, 15) is 0 Å². The summed E-state index contributed by atoms with van der Waals surface area (Å²) in [4.78, 5) is 22.8. The molecule has 174 valence electrons. The fourth-order valence-corrected chi connectivity index (χ4v) is 3.25. The van der Waals surface area contributed by atoms with Gasteiger partial charge >= 0.3 is 11.9 Å². The molecular weight excluding hydrogens is 454 g/mol. The van der Waals surface area contributed by atoms with Gasteiger partial charge < -0.3 is 34.3 Å². The first-order valence-corrected chi connectivity index (χ1v) is 10.2. The van der Waals surface area contributed by atoms with Gasteiger partial charge in [0.25, 0.3) is 0 Å². The van der Waals surface area contributed by atoms with Crippen LogP contribution in [0.25, 0.3) is 11.3 Å². The van der Waals surface area contributed by atoms with Gasteiger partial charge in [-0.1, -0.05) is 23.7 Å². The molecule has 10 nitrogen and oxygen atoms in total. The quantitative estimate of drug-likeness (QED) is 0.440. The first-order chi connectivity index (χ1) is 15.9. The van der Waals surface area contributed by atoms with Gasteiger partial charge in [-0.05, 0) is 35.9 Å². The van der Waals surface area contributed by atoms with Gasteiger partial charge in [-0.3, -0.25) is 0 Å². The summed E-state index contributed by atoms with van der Waals surface area (Å²) in [7, 11) is 1.69. The maximum Gasteiger partial charge on any atom is 0.414 e. The van der Waals surface area contributed by atoms with Crippen molar-refractivity contribution in [2.24, 2.45) is 0 Å². The number of imidazole rings is 1. The van der Waals surface area contributed by atoms with Crippen LogP contribution in [0.1, 0.15) is 5.56 Å². The van der Waals surface area contributed by atoms with Crippen molar-refractivity contribution in [2.45, 2.75) is 13.1 Å². The average molecular weight is 476 g/mol. The van der Waals surface area contributed by atoms with Crippen LogP contribution in [0.3, 0.4) is 0 Å². The van der Waals surface area contributed by atoms with Crippen LogP contribution in [0, 0.1) is 0 Å². The normalized spacial score (nSPS) is 11.5. The third kappa shape index (κ3) is 6.37. The monoisotopic (exact) mass is 475 g/mol. The van der Waals surface area contributed by atoms with Crippen LogP contribution in [0.15, 0.2) is 48.7 Å². The van der Waals surface area contributed by atoms with Gasteiger partial charge in [0.05, 0.1) is 18.5 Å². The zero-order valence-corrected chi connectivity index (χ0v) is 18.4. The molecule has 0 saturated carbocycles. The molecule has 0 spiro atoms. The van der Waals surface area contributed by atoms with E-state index in [1.807, 2.05) is 48.7 Å². The maximum atomic E-state index is 9.10. The van der Waals surface area contributed by atoms with E-state index in [2.05, 4.69) is 14.9 Å². The second-order valence-electron chi connectivity index (χ2n) is 6.77. The van der Waals surface area contributed by atoms with Crippen LogP contribution >= 0.6 is 11.6 Å². The van der Waals surface area contributed by atoms with Gasteiger partial charge in [0.2, 0.25) is 12.7 Å². The van der Waals surface area contributed by atoms with E-state index in [-0.39, 0.29) is 6.79 Å². The van der Waals surface area contributed by atoms with Crippen molar-refractivity contribution in [1.29, 1.82) is 0 Å². The molecule has 0 aliphatic carbocycles. The summed E-state index contributed by atoms with van der Waals surface area (Å²) in [6.07, 6.45) is 1.85. The van der Waals surface area contributed by atoms with Crippen molar-refractivity contribution in [3.05, 3.63) is 59.2 Å². The molecule has 0 radical (unpaired) electrons. The SMILES string of the molecule is COCCn1c(-c2ccc3c(c2)OCO3)cnc1NCc1cccc(Cl)c1.O=C(O)C(=O)O. The Balaban J connectivity index is 0.000000454. The van der Waals surface area contributed by atoms with Crippen LogP contribution in [0.5, 0.6) is 11.5 Å². The number of carboxylic acid groups (broad SMARTS) is 2. The lowest BCUT2D eigenvalue weighted by molar-refractivity contribution is -0.159. The molecule has 33 heavy (non-hydrogen) atoms. The predicted molar refractivity (Wildman–Crippen MR) is 120 cm³/mol. The van der Waals surface area contributed by atoms with Crippen molar-refractivity contribution in [1.82, 2.24) is 9.55 Å². The Labute approximate surface area is 194 Å². The van der Waals surface area contributed by atoms with Crippen molar-refractivity contribution in [3.63, 3.8) is 0 Å². The zero-order chi connectivity index (χ0) is 23.8. The Bertz CT molecular complexity index is 1120. The first-order valence-electron chi connectivity index (χ1n) is 9.78. The molecule has 0 bridgehead atoms. The molecule has 2 heterocycles. The van der Waals surface area contributed by atoms with Crippen LogP contribution in [0.4, 0.5) is 5.95 Å². The number of nitrogens with zero attached hydrogens (tertiary/aromatic N) is 2. The lowest BCUT2D eigenvalue weighted by Crippen LogP contribution is -2.11. The van der Waals surface area contributed by atoms with Gasteiger partial charge in [-0.15, -0.1) is 0 Å². The van der Waals surface area contributed by atoms with Crippen molar-refractivity contribution in [3.8, 4) is 22.8 Å². The number of fused-ring (bicyclic) bond motifs is 1. The fraction of sp³-hybridized carbons (Fsp3) is 0.227. The standard InChI is InChI=1S/C20H20ClN3O3.C2H2O4/c1-25-8-7-24-17(15-5-6-18-19(10-15)27-13-26-18)12-23-20(24)22-11-14-3-2-4-16(21)9-14;3-1(4)2(5)6/h2-6,9-10,12H,7-8,11,13H2,1H3,(H,22,23);(H,3,4)(H,5,6). The van der Waals surface area contributed by atoms with E-state index >= 15 is 0 Å². The summed E-state index contributed by atoms with van der Waals surface area (Å²) >= 11 is 6.07. The lowest BCUT2D eigenvalue weighted by atomic mass is 10.1. The minimum atomic E-state index is -1.82. The molecule has 2 aromatic carbocycles. The number of carboxylic acids is 2.